The Bertz CT molecular complexity index is 505. The average Bonchev–Trinajstić information content (AvgIpc) is 2.40. The summed E-state index contributed by atoms with van der Waals surface area (Å²) in [4.78, 5) is 11.4. The molecule has 0 atom stereocenters. The monoisotopic (exact) mass is 280 g/mol. The standard InChI is InChI=1S/C14H17ClN2O2/c1-3-14(4-2,13(18)19)9-17-12-7-5-6-11(15)10(12)8-16/h5-7,17H,3-4,9H2,1-2H3,(H,18,19). The van der Waals surface area contributed by atoms with E-state index >= 15 is 0 Å². The molecule has 0 aliphatic carbocycles. The Morgan fingerprint density at radius 2 is 2.11 bits per heavy atom. The molecular weight excluding hydrogens is 264 g/mol. The fraction of sp³-hybridized carbons (Fsp3) is 0.429. The highest BCUT2D eigenvalue weighted by Crippen LogP contribution is 2.29. The number of aliphatic carboxylic acids is 1. The lowest BCUT2D eigenvalue weighted by molar-refractivity contribution is -0.148. The summed E-state index contributed by atoms with van der Waals surface area (Å²) in [5, 5.41) is 21.8. The van der Waals surface area contributed by atoms with Gasteiger partial charge in [-0.2, -0.15) is 5.26 Å². The molecule has 0 aliphatic rings. The molecule has 0 bridgehead atoms. The molecular formula is C14H17ClN2O2. The fourth-order valence-corrected chi connectivity index (χ4v) is 2.14. The van der Waals surface area contributed by atoms with Crippen LogP contribution in [-0.2, 0) is 4.79 Å². The summed E-state index contributed by atoms with van der Waals surface area (Å²) in [5.41, 5.74) is 0.0906. The summed E-state index contributed by atoms with van der Waals surface area (Å²) in [7, 11) is 0. The topological polar surface area (TPSA) is 73.1 Å². The van der Waals surface area contributed by atoms with Crippen LogP contribution in [0.3, 0.4) is 0 Å². The quantitative estimate of drug-likeness (QED) is 0.836. The van der Waals surface area contributed by atoms with Crippen molar-refractivity contribution in [2.45, 2.75) is 26.7 Å². The normalized spacial score (nSPS) is 10.8. The summed E-state index contributed by atoms with van der Waals surface area (Å²) >= 11 is 5.93. The van der Waals surface area contributed by atoms with Gasteiger partial charge in [-0.05, 0) is 25.0 Å². The van der Waals surface area contributed by atoms with Crippen LogP contribution in [0, 0.1) is 16.7 Å². The third-order valence-corrected chi connectivity index (χ3v) is 3.86. The minimum atomic E-state index is -0.828. The van der Waals surface area contributed by atoms with Gasteiger partial charge in [-0.25, -0.2) is 0 Å². The summed E-state index contributed by atoms with van der Waals surface area (Å²) < 4.78 is 0. The minimum absolute atomic E-state index is 0.268. The van der Waals surface area contributed by atoms with Crippen molar-refractivity contribution in [1.29, 1.82) is 5.26 Å². The zero-order valence-electron chi connectivity index (χ0n) is 11.0. The molecule has 1 aromatic carbocycles. The van der Waals surface area contributed by atoms with Gasteiger partial charge >= 0.3 is 5.97 Å². The number of nitrogens with zero attached hydrogens (tertiary/aromatic N) is 1. The van der Waals surface area contributed by atoms with Gasteiger partial charge in [0, 0.05) is 6.54 Å². The summed E-state index contributed by atoms with van der Waals surface area (Å²) in [6, 6.07) is 7.11. The molecule has 0 saturated carbocycles. The molecule has 4 nitrogen and oxygen atoms in total. The van der Waals surface area contributed by atoms with Crippen LogP contribution in [0.5, 0.6) is 0 Å². The number of benzene rings is 1. The van der Waals surface area contributed by atoms with E-state index in [9.17, 15) is 9.90 Å². The molecule has 2 N–H and O–H groups in total. The molecule has 19 heavy (non-hydrogen) atoms. The van der Waals surface area contributed by atoms with Crippen LogP contribution in [-0.4, -0.2) is 17.6 Å². The van der Waals surface area contributed by atoms with Crippen molar-refractivity contribution in [2.75, 3.05) is 11.9 Å². The highest BCUT2D eigenvalue weighted by molar-refractivity contribution is 6.32. The zero-order valence-corrected chi connectivity index (χ0v) is 11.8. The van der Waals surface area contributed by atoms with E-state index in [-0.39, 0.29) is 6.54 Å². The molecule has 0 fully saturated rings. The van der Waals surface area contributed by atoms with E-state index in [0.717, 1.165) is 0 Å². The molecule has 1 aromatic rings. The lowest BCUT2D eigenvalue weighted by Crippen LogP contribution is -2.37. The molecule has 0 radical (unpaired) electrons. The number of nitriles is 1. The minimum Gasteiger partial charge on any atom is -0.481 e. The van der Waals surface area contributed by atoms with Gasteiger partial charge in [-0.15, -0.1) is 0 Å². The van der Waals surface area contributed by atoms with Gasteiger partial charge in [0.25, 0.3) is 0 Å². The third-order valence-electron chi connectivity index (χ3n) is 3.55. The van der Waals surface area contributed by atoms with E-state index in [1.54, 1.807) is 18.2 Å². The Morgan fingerprint density at radius 1 is 1.47 bits per heavy atom. The first kappa shape index (κ1) is 15.3. The summed E-state index contributed by atoms with van der Waals surface area (Å²) in [6.45, 7) is 3.97. The Hall–Kier alpha value is -1.73. The molecule has 0 amide bonds. The number of hydrogen-bond acceptors (Lipinski definition) is 3. The number of hydrogen-bond donors (Lipinski definition) is 2. The second kappa shape index (κ2) is 6.44. The number of carboxylic acid groups (broad SMARTS) is 1. The predicted octanol–water partition coefficient (Wildman–Crippen LogP) is 3.51. The van der Waals surface area contributed by atoms with E-state index in [1.807, 2.05) is 19.9 Å². The zero-order chi connectivity index (χ0) is 14.5. The maximum Gasteiger partial charge on any atom is 0.311 e. The van der Waals surface area contributed by atoms with Crippen LogP contribution in [0.15, 0.2) is 18.2 Å². The predicted molar refractivity (Wildman–Crippen MR) is 75.3 cm³/mol. The Balaban J connectivity index is 2.96. The van der Waals surface area contributed by atoms with Gasteiger partial charge in [0.15, 0.2) is 0 Å². The first-order valence-electron chi connectivity index (χ1n) is 6.16. The number of rotatable bonds is 6. The van der Waals surface area contributed by atoms with Crippen LogP contribution in [0.25, 0.3) is 0 Å². The van der Waals surface area contributed by atoms with Gasteiger partial charge in [-0.3, -0.25) is 4.79 Å². The Kier molecular flexibility index (Phi) is 5.20. The smallest absolute Gasteiger partial charge is 0.311 e. The van der Waals surface area contributed by atoms with E-state index in [1.165, 1.54) is 0 Å². The molecule has 0 spiro atoms. The number of carboxylic acids is 1. The first-order valence-corrected chi connectivity index (χ1v) is 6.54. The Morgan fingerprint density at radius 3 is 2.58 bits per heavy atom. The van der Waals surface area contributed by atoms with Crippen molar-refractivity contribution >= 4 is 23.3 Å². The van der Waals surface area contributed by atoms with Crippen LogP contribution in [0.2, 0.25) is 5.02 Å². The van der Waals surface area contributed by atoms with Crippen molar-refractivity contribution in [2.24, 2.45) is 5.41 Å². The number of carbonyl (C=O) groups is 1. The molecule has 5 heteroatoms. The largest absolute Gasteiger partial charge is 0.481 e. The van der Waals surface area contributed by atoms with E-state index in [2.05, 4.69) is 5.32 Å². The van der Waals surface area contributed by atoms with Crippen molar-refractivity contribution in [3.8, 4) is 6.07 Å². The van der Waals surface area contributed by atoms with Crippen LogP contribution >= 0.6 is 11.6 Å². The highest BCUT2D eigenvalue weighted by Gasteiger charge is 2.34. The van der Waals surface area contributed by atoms with Crippen LogP contribution in [0.4, 0.5) is 5.69 Å². The number of anilines is 1. The number of nitrogens with one attached hydrogen (secondary N) is 1. The lowest BCUT2D eigenvalue weighted by Gasteiger charge is -2.27. The maximum absolute atomic E-state index is 11.4. The van der Waals surface area contributed by atoms with Crippen LogP contribution in [0.1, 0.15) is 32.3 Å². The van der Waals surface area contributed by atoms with Gasteiger partial charge < -0.3 is 10.4 Å². The third kappa shape index (κ3) is 3.18. The molecule has 0 aromatic heterocycles. The highest BCUT2D eigenvalue weighted by atomic mass is 35.5. The summed E-state index contributed by atoms with van der Waals surface area (Å²) in [6.07, 6.45) is 1.04. The fourth-order valence-electron chi connectivity index (χ4n) is 1.93. The SMILES string of the molecule is CCC(CC)(CNc1cccc(Cl)c1C#N)C(=O)O. The van der Waals surface area contributed by atoms with E-state index in [0.29, 0.717) is 29.1 Å². The van der Waals surface area contributed by atoms with Crippen molar-refractivity contribution < 1.29 is 9.90 Å². The molecule has 0 saturated heterocycles. The van der Waals surface area contributed by atoms with Gasteiger partial charge in [0.05, 0.1) is 21.7 Å². The Labute approximate surface area is 118 Å². The van der Waals surface area contributed by atoms with Crippen molar-refractivity contribution in [3.05, 3.63) is 28.8 Å². The molecule has 0 unspecified atom stereocenters. The van der Waals surface area contributed by atoms with Gasteiger partial charge in [0.1, 0.15) is 6.07 Å². The van der Waals surface area contributed by atoms with E-state index < -0.39 is 11.4 Å². The average molecular weight is 281 g/mol. The molecule has 1 rings (SSSR count). The first-order chi connectivity index (χ1) is 9.00. The molecule has 0 heterocycles. The lowest BCUT2D eigenvalue weighted by atomic mass is 9.82. The van der Waals surface area contributed by atoms with E-state index in [4.69, 9.17) is 16.9 Å². The second-order valence-electron chi connectivity index (χ2n) is 4.42. The van der Waals surface area contributed by atoms with Gasteiger partial charge in [-0.1, -0.05) is 31.5 Å². The van der Waals surface area contributed by atoms with Crippen LogP contribution < -0.4 is 5.32 Å². The molecule has 102 valence electrons. The second-order valence-corrected chi connectivity index (χ2v) is 4.83. The van der Waals surface area contributed by atoms with Crippen molar-refractivity contribution in [1.82, 2.24) is 0 Å². The van der Waals surface area contributed by atoms with Crippen molar-refractivity contribution in [3.63, 3.8) is 0 Å². The molecule has 0 aliphatic heterocycles. The maximum atomic E-state index is 11.4. The number of halogens is 1. The van der Waals surface area contributed by atoms with Gasteiger partial charge in [0.2, 0.25) is 0 Å². The summed E-state index contributed by atoms with van der Waals surface area (Å²) in [5.74, 6) is -0.828.